The molecule has 2 atom stereocenters. The minimum Gasteiger partial charge on any atom is -0.304 e. The molecule has 0 aromatic heterocycles. The zero-order valence-corrected chi connectivity index (χ0v) is 13.6. The summed E-state index contributed by atoms with van der Waals surface area (Å²) >= 11 is 0. The molecule has 1 aliphatic heterocycles. The average Bonchev–Trinajstić information content (AvgIpc) is 2.48. The molecule has 1 saturated heterocycles. The van der Waals surface area contributed by atoms with Gasteiger partial charge < -0.3 is 9.80 Å². The van der Waals surface area contributed by atoms with E-state index in [-0.39, 0.29) is 0 Å². The van der Waals surface area contributed by atoms with Gasteiger partial charge in [0.15, 0.2) is 0 Å². The number of nitrogens with one attached hydrogen (secondary N) is 1. The van der Waals surface area contributed by atoms with Crippen LogP contribution < -0.4 is 11.3 Å². The topological polar surface area (TPSA) is 44.5 Å². The minimum absolute atomic E-state index is 0.492. The minimum atomic E-state index is 0.492. The number of nitrogens with zero attached hydrogens (tertiary/aromatic N) is 2. The number of nitrogens with two attached hydrogens (primary N) is 1. The van der Waals surface area contributed by atoms with Gasteiger partial charge in [0.2, 0.25) is 0 Å². The van der Waals surface area contributed by atoms with Crippen LogP contribution in [-0.4, -0.2) is 55.6 Å². The zero-order chi connectivity index (χ0) is 14.5. The van der Waals surface area contributed by atoms with Gasteiger partial charge in [-0.25, -0.2) is 0 Å². The normalized spacial score (nSPS) is 35.1. The molecule has 2 unspecified atom stereocenters. The van der Waals surface area contributed by atoms with Crippen molar-refractivity contribution in [3.8, 4) is 0 Å². The van der Waals surface area contributed by atoms with Crippen LogP contribution in [0.1, 0.15) is 45.4 Å². The van der Waals surface area contributed by atoms with Gasteiger partial charge in [0.1, 0.15) is 0 Å². The molecule has 1 heterocycles. The van der Waals surface area contributed by atoms with E-state index in [0.29, 0.717) is 12.1 Å². The highest BCUT2D eigenvalue weighted by Gasteiger charge is 2.31. The number of hydrogen-bond donors (Lipinski definition) is 2. The maximum Gasteiger partial charge on any atom is 0.0254 e. The van der Waals surface area contributed by atoms with Crippen LogP contribution in [0.5, 0.6) is 0 Å². The van der Waals surface area contributed by atoms with Gasteiger partial charge in [0.05, 0.1) is 0 Å². The molecule has 4 heteroatoms. The van der Waals surface area contributed by atoms with Gasteiger partial charge in [-0.3, -0.25) is 11.3 Å². The number of likely N-dealkylation sites (N-methyl/N-ethyl adjacent to an activating group) is 2. The molecule has 2 rings (SSSR count). The fraction of sp³-hybridized carbons (Fsp3) is 1.00. The number of hydrazine groups is 1. The lowest BCUT2D eigenvalue weighted by atomic mass is 9.76. The molecule has 4 nitrogen and oxygen atoms in total. The Morgan fingerprint density at radius 3 is 2.45 bits per heavy atom. The predicted molar refractivity (Wildman–Crippen MR) is 85.4 cm³/mol. The molecular weight excluding hydrogens is 248 g/mol. The summed E-state index contributed by atoms with van der Waals surface area (Å²) in [5.41, 5.74) is 3.14. The van der Waals surface area contributed by atoms with Crippen molar-refractivity contribution < 1.29 is 0 Å². The van der Waals surface area contributed by atoms with E-state index in [1.807, 2.05) is 0 Å². The van der Waals surface area contributed by atoms with Crippen LogP contribution in [0.25, 0.3) is 0 Å². The Kier molecular flexibility index (Phi) is 6.27. The van der Waals surface area contributed by atoms with E-state index >= 15 is 0 Å². The first-order chi connectivity index (χ1) is 9.63. The van der Waals surface area contributed by atoms with Gasteiger partial charge in [-0.15, -0.1) is 0 Å². The molecule has 2 aliphatic rings. The molecule has 0 aromatic carbocycles. The summed E-state index contributed by atoms with van der Waals surface area (Å²) in [5, 5.41) is 0. The lowest BCUT2D eigenvalue weighted by molar-refractivity contribution is 0.0881. The summed E-state index contributed by atoms with van der Waals surface area (Å²) in [6, 6.07) is 1.14. The first-order valence-electron chi connectivity index (χ1n) is 8.49. The van der Waals surface area contributed by atoms with Crippen LogP contribution >= 0.6 is 0 Å². The fourth-order valence-electron chi connectivity index (χ4n) is 4.04. The van der Waals surface area contributed by atoms with Gasteiger partial charge >= 0.3 is 0 Å². The van der Waals surface area contributed by atoms with Crippen LogP contribution in [0.3, 0.4) is 0 Å². The largest absolute Gasteiger partial charge is 0.304 e. The van der Waals surface area contributed by atoms with Crippen molar-refractivity contribution in [1.82, 2.24) is 15.2 Å². The number of hydrogen-bond acceptors (Lipinski definition) is 4. The smallest absolute Gasteiger partial charge is 0.0254 e. The molecule has 1 aliphatic carbocycles. The van der Waals surface area contributed by atoms with Gasteiger partial charge in [-0.1, -0.05) is 26.2 Å². The zero-order valence-electron chi connectivity index (χ0n) is 13.6. The highest BCUT2D eigenvalue weighted by Crippen LogP contribution is 2.33. The Bertz CT molecular complexity index is 276. The highest BCUT2D eigenvalue weighted by atomic mass is 15.3. The summed E-state index contributed by atoms with van der Waals surface area (Å²) in [4.78, 5) is 4.97. The van der Waals surface area contributed by atoms with E-state index in [1.54, 1.807) is 0 Å². The monoisotopic (exact) mass is 282 g/mol. The molecule has 0 bridgehead atoms. The molecule has 0 radical (unpaired) electrons. The van der Waals surface area contributed by atoms with Crippen molar-refractivity contribution in [3.05, 3.63) is 0 Å². The summed E-state index contributed by atoms with van der Waals surface area (Å²) < 4.78 is 0. The van der Waals surface area contributed by atoms with Crippen LogP contribution in [0.4, 0.5) is 0 Å². The molecular formula is C16H34N4. The van der Waals surface area contributed by atoms with Crippen molar-refractivity contribution in [2.75, 3.05) is 33.7 Å². The van der Waals surface area contributed by atoms with E-state index in [9.17, 15) is 0 Å². The van der Waals surface area contributed by atoms with E-state index in [2.05, 4.69) is 36.2 Å². The average molecular weight is 282 g/mol. The molecule has 0 amide bonds. The molecule has 1 saturated carbocycles. The Morgan fingerprint density at radius 1 is 1.15 bits per heavy atom. The second-order valence-electron chi connectivity index (χ2n) is 7.09. The standard InChI is InChI=1S/C16H34N4/c1-4-13-5-7-14(8-6-13)16(18-17)11-15-12-19(2)9-10-20(15)3/h13-16,18H,4-12,17H2,1-3H3. The van der Waals surface area contributed by atoms with Crippen molar-refractivity contribution >= 4 is 0 Å². The summed E-state index contributed by atoms with van der Waals surface area (Å²) in [6.07, 6.45) is 8.07. The van der Waals surface area contributed by atoms with Gasteiger partial charge in [0, 0.05) is 31.7 Å². The molecule has 0 spiro atoms. The second-order valence-corrected chi connectivity index (χ2v) is 7.09. The molecule has 3 N–H and O–H groups in total. The van der Waals surface area contributed by atoms with Crippen LogP contribution in [0, 0.1) is 11.8 Å². The summed E-state index contributed by atoms with van der Waals surface area (Å²) in [5.74, 6) is 7.63. The maximum absolute atomic E-state index is 5.89. The second kappa shape index (κ2) is 7.74. The van der Waals surface area contributed by atoms with Crippen LogP contribution in [0.2, 0.25) is 0 Å². The molecule has 2 fully saturated rings. The predicted octanol–water partition coefficient (Wildman–Crippen LogP) is 1.67. The van der Waals surface area contributed by atoms with Crippen LogP contribution in [-0.2, 0) is 0 Å². The van der Waals surface area contributed by atoms with Crippen molar-refractivity contribution in [2.45, 2.75) is 57.5 Å². The molecule has 0 aromatic rings. The van der Waals surface area contributed by atoms with Gasteiger partial charge in [-0.05, 0) is 45.2 Å². The van der Waals surface area contributed by atoms with Crippen molar-refractivity contribution in [2.24, 2.45) is 17.7 Å². The van der Waals surface area contributed by atoms with Crippen molar-refractivity contribution in [3.63, 3.8) is 0 Å². The first kappa shape index (κ1) is 16.2. The Labute approximate surface area is 125 Å². The Morgan fingerprint density at radius 2 is 1.85 bits per heavy atom. The van der Waals surface area contributed by atoms with Gasteiger partial charge in [-0.2, -0.15) is 0 Å². The molecule has 20 heavy (non-hydrogen) atoms. The molecule has 118 valence electrons. The lowest BCUT2D eigenvalue weighted by Gasteiger charge is -2.41. The SMILES string of the molecule is CCC1CCC(C(CC2CN(C)CCN2C)NN)CC1. The van der Waals surface area contributed by atoms with Gasteiger partial charge in [0.25, 0.3) is 0 Å². The third kappa shape index (κ3) is 4.17. The lowest BCUT2D eigenvalue weighted by Crippen LogP contribution is -2.54. The quantitative estimate of drug-likeness (QED) is 0.595. The van der Waals surface area contributed by atoms with E-state index in [4.69, 9.17) is 5.84 Å². The van der Waals surface area contributed by atoms with Crippen molar-refractivity contribution in [1.29, 1.82) is 0 Å². The Balaban J connectivity index is 1.85. The number of piperazine rings is 1. The number of rotatable bonds is 5. The Hall–Kier alpha value is -0.160. The van der Waals surface area contributed by atoms with Crippen LogP contribution in [0.15, 0.2) is 0 Å². The highest BCUT2D eigenvalue weighted by molar-refractivity contribution is 4.87. The van der Waals surface area contributed by atoms with E-state index in [1.165, 1.54) is 58.2 Å². The third-order valence-electron chi connectivity index (χ3n) is 5.76. The maximum atomic E-state index is 5.89. The third-order valence-corrected chi connectivity index (χ3v) is 5.76. The summed E-state index contributed by atoms with van der Waals surface area (Å²) in [6.45, 7) is 5.88. The first-order valence-corrected chi connectivity index (χ1v) is 8.49. The summed E-state index contributed by atoms with van der Waals surface area (Å²) in [7, 11) is 4.50. The van der Waals surface area contributed by atoms with E-state index < -0.39 is 0 Å². The van der Waals surface area contributed by atoms with E-state index in [0.717, 1.165) is 11.8 Å². The fourth-order valence-corrected chi connectivity index (χ4v) is 4.04.